The van der Waals surface area contributed by atoms with Gasteiger partial charge in [-0.2, -0.15) is 5.10 Å². The highest BCUT2D eigenvalue weighted by molar-refractivity contribution is 6.30. The smallest absolute Gasteiger partial charge is 0.359 e. The molecule has 0 radical (unpaired) electrons. The maximum Gasteiger partial charge on any atom is 0.359 e. The molecule has 1 heterocycles. The van der Waals surface area contributed by atoms with E-state index in [4.69, 9.17) is 16.3 Å². The molecule has 10 heteroatoms. The van der Waals surface area contributed by atoms with Gasteiger partial charge in [0.15, 0.2) is 5.69 Å². The van der Waals surface area contributed by atoms with Gasteiger partial charge in [-0.25, -0.2) is 27.0 Å². The van der Waals surface area contributed by atoms with Gasteiger partial charge in [-0.1, -0.05) is 17.7 Å². The highest BCUT2D eigenvalue weighted by Gasteiger charge is 2.24. The Balaban J connectivity index is 2.30. The highest BCUT2D eigenvalue weighted by atomic mass is 35.5. The van der Waals surface area contributed by atoms with Gasteiger partial charge in [-0.15, -0.1) is 0 Å². The van der Waals surface area contributed by atoms with Gasteiger partial charge in [-0.3, -0.25) is 0 Å². The molecule has 1 aromatic heterocycles. The van der Waals surface area contributed by atoms with E-state index in [1.807, 2.05) is 0 Å². The predicted molar refractivity (Wildman–Crippen MR) is 91.2 cm³/mol. The summed E-state index contributed by atoms with van der Waals surface area (Å²) in [6.45, 7) is 0.953. The molecule has 0 amide bonds. The fourth-order valence-electron chi connectivity index (χ4n) is 2.43. The molecule has 0 saturated carbocycles. The van der Waals surface area contributed by atoms with Crippen molar-refractivity contribution in [1.82, 2.24) is 15.1 Å². The Morgan fingerprint density at radius 2 is 1.96 bits per heavy atom. The molecule has 2 rings (SSSR count). The molecule has 0 aliphatic rings. The lowest BCUT2D eigenvalue weighted by Gasteiger charge is -2.07. The lowest BCUT2D eigenvalue weighted by molar-refractivity contribution is 0.0517. The molecule has 5 nitrogen and oxygen atoms in total. The highest BCUT2D eigenvalue weighted by Crippen LogP contribution is 2.24. The molecular weight excluding hydrogens is 390 g/mol. The normalized spacial score (nSPS) is 11.2. The Bertz CT molecular complexity index is 778. The maximum absolute atomic E-state index is 13.9. The summed E-state index contributed by atoms with van der Waals surface area (Å²) in [7, 11) is 0. The molecule has 0 bridgehead atoms. The Morgan fingerprint density at radius 1 is 1.30 bits per heavy atom. The van der Waals surface area contributed by atoms with Crippen LogP contribution in [0.15, 0.2) is 18.2 Å². The quantitative estimate of drug-likeness (QED) is 0.393. The zero-order chi connectivity index (χ0) is 20.0. The molecule has 1 aromatic carbocycles. The van der Waals surface area contributed by atoms with Crippen LogP contribution in [0.1, 0.15) is 28.5 Å². The van der Waals surface area contributed by atoms with E-state index in [9.17, 15) is 22.4 Å². The van der Waals surface area contributed by atoms with Gasteiger partial charge in [0.05, 0.1) is 19.7 Å². The van der Waals surface area contributed by atoms with Crippen molar-refractivity contribution in [3.05, 3.63) is 51.8 Å². The molecule has 0 saturated heterocycles. The Labute approximate surface area is 158 Å². The van der Waals surface area contributed by atoms with Crippen molar-refractivity contribution >= 4 is 17.6 Å². The zero-order valence-corrected chi connectivity index (χ0v) is 15.2. The number of alkyl halides is 2. The Hall–Kier alpha value is -2.13. The first-order chi connectivity index (χ1) is 12.8. The third-order valence-electron chi connectivity index (χ3n) is 3.67. The fourth-order valence-corrected chi connectivity index (χ4v) is 2.71. The number of hydrogen-bond acceptors (Lipinski definition) is 4. The molecule has 0 aliphatic heterocycles. The Morgan fingerprint density at radius 3 is 2.56 bits per heavy atom. The summed E-state index contributed by atoms with van der Waals surface area (Å²) in [5.74, 6) is -2.31. The minimum Gasteiger partial charge on any atom is -0.461 e. The first-order valence-corrected chi connectivity index (χ1v) is 8.57. The number of ether oxygens (including phenoxy) is 1. The molecule has 0 atom stereocenters. The van der Waals surface area contributed by atoms with Gasteiger partial charge in [0, 0.05) is 11.1 Å². The lowest BCUT2D eigenvalue weighted by atomic mass is 10.1. The van der Waals surface area contributed by atoms with Gasteiger partial charge < -0.3 is 10.1 Å². The van der Waals surface area contributed by atoms with E-state index in [1.165, 1.54) is 6.07 Å². The average molecular weight is 408 g/mol. The summed E-state index contributed by atoms with van der Waals surface area (Å²) in [6.07, 6.45) is -2.41. The second kappa shape index (κ2) is 9.70. The van der Waals surface area contributed by atoms with Crippen LogP contribution in [0.4, 0.5) is 17.6 Å². The zero-order valence-electron chi connectivity index (χ0n) is 14.4. The van der Waals surface area contributed by atoms with Crippen LogP contribution in [0.25, 0.3) is 0 Å². The van der Waals surface area contributed by atoms with Crippen molar-refractivity contribution in [2.75, 3.05) is 19.7 Å². The van der Waals surface area contributed by atoms with E-state index in [0.717, 1.165) is 16.8 Å². The van der Waals surface area contributed by atoms with E-state index >= 15 is 0 Å². The first-order valence-electron chi connectivity index (χ1n) is 8.19. The molecule has 2 aromatic rings. The number of nitrogens with zero attached hydrogens (tertiary/aromatic N) is 2. The number of benzene rings is 1. The molecular formula is C17H18ClF4N3O2. The van der Waals surface area contributed by atoms with Gasteiger partial charge in [-0.05, 0) is 32.0 Å². The number of esters is 1. The van der Waals surface area contributed by atoms with E-state index in [1.54, 1.807) is 6.92 Å². The molecule has 0 spiro atoms. The first kappa shape index (κ1) is 21.2. The number of carbonyl (C=O) groups is 1. The van der Waals surface area contributed by atoms with Crippen LogP contribution in [-0.4, -0.2) is 41.9 Å². The van der Waals surface area contributed by atoms with Crippen molar-refractivity contribution in [3.8, 4) is 0 Å². The van der Waals surface area contributed by atoms with Crippen molar-refractivity contribution < 1.29 is 27.1 Å². The topological polar surface area (TPSA) is 56.1 Å². The van der Waals surface area contributed by atoms with Crippen molar-refractivity contribution in [2.24, 2.45) is 0 Å². The lowest BCUT2D eigenvalue weighted by Crippen LogP contribution is -2.24. The van der Waals surface area contributed by atoms with Crippen molar-refractivity contribution in [2.45, 2.75) is 26.3 Å². The average Bonchev–Trinajstić information content (AvgIpc) is 2.91. The number of carbonyl (C=O) groups excluding carboxylic acids is 1. The van der Waals surface area contributed by atoms with Crippen molar-refractivity contribution in [3.63, 3.8) is 0 Å². The minimum atomic E-state index is -2.52. The van der Waals surface area contributed by atoms with Gasteiger partial charge in [0.2, 0.25) is 0 Å². The SMILES string of the molecule is CCOC(=O)c1nn(Cc2c(F)cccc2F)c(Cl)c1CCNCC(F)F. The minimum absolute atomic E-state index is 0.0143. The molecule has 1 N–H and O–H groups in total. The van der Waals surface area contributed by atoms with E-state index in [0.29, 0.717) is 0 Å². The second-order valence-electron chi connectivity index (χ2n) is 5.54. The molecule has 27 heavy (non-hydrogen) atoms. The maximum atomic E-state index is 13.9. The number of aromatic nitrogens is 2. The largest absolute Gasteiger partial charge is 0.461 e. The van der Waals surface area contributed by atoms with Gasteiger partial charge in [0.25, 0.3) is 6.43 Å². The van der Waals surface area contributed by atoms with Crippen molar-refractivity contribution in [1.29, 1.82) is 0 Å². The summed E-state index contributed by atoms with van der Waals surface area (Å²) in [4.78, 5) is 12.1. The third-order valence-corrected chi connectivity index (χ3v) is 4.09. The van der Waals surface area contributed by atoms with Crippen LogP contribution in [0, 0.1) is 11.6 Å². The Kier molecular flexibility index (Phi) is 7.61. The summed E-state index contributed by atoms with van der Waals surface area (Å²) >= 11 is 6.24. The molecule has 0 unspecified atom stereocenters. The summed E-state index contributed by atoms with van der Waals surface area (Å²) in [5, 5.41) is 6.52. The number of rotatable bonds is 9. The van der Waals surface area contributed by atoms with Crippen LogP contribution in [0.3, 0.4) is 0 Å². The van der Waals surface area contributed by atoms with E-state index in [-0.39, 0.29) is 48.1 Å². The van der Waals surface area contributed by atoms with Crippen LogP contribution in [0.5, 0.6) is 0 Å². The monoisotopic (exact) mass is 407 g/mol. The standard InChI is InChI=1S/C17H18ClF4N3O2/c1-2-27-17(26)15-10(6-7-23-8-14(21)22)16(18)25(24-15)9-11-12(19)4-3-5-13(11)20/h3-5,14,23H,2,6-9H2,1H3. The number of nitrogens with one attached hydrogen (secondary N) is 1. The molecule has 0 fully saturated rings. The van der Waals surface area contributed by atoms with E-state index in [2.05, 4.69) is 10.4 Å². The summed E-state index contributed by atoms with van der Waals surface area (Å²) < 4.78 is 58.2. The third kappa shape index (κ3) is 5.43. The van der Waals surface area contributed by atoms with Crippen LogP contribution in [-0.2, 0) is 17.7 Å². The second-order valence-corrected chi connectivity index (χ2v) is 5.90. The number of halogens is 5. The van der Waals surface area contributed by atoms with Crippen LogP contribution < -0.4 is 5.32 Å². The van der Waals surface area contributed by atoms with E-state index < -0.39 is 30.6 Å². The van der Waals surface area contributed by atoms with Gasteiger partial charge in [0.1, 0.15) is 16.8 Å². The summed E-state index contributed by atoms with van der Waals surface area (Å²) in [6, 6.07) is 3.41. The molecule has 148 valence electrons. The molecule has 0 aliphatic carbocycles. The number of hydrogen-bond donors (Lipinski definition) is 1. The van der Waals surface area contributed by atoms with Crippen LogP contribution in [0.2, 0.25) is 5.15 Å². The van der Waals surface area contributed by atoms with Gasteiger partial charge >= 0.3 is 5.97 Å². The fraction of sp³-hybridized carbons (Fsp3) is 0.412. The van der Waals surface area contributed by atoms with Crippen LogP contribution >= 0.6 is 11.6 Å². The predicted octanol–water partition coefficient (Wildman–Crippen LogP) is 3.44. The summed E-state index contributed by atoms with van der Waals surface area (Å²) in [5.41, 5.74) is -0.120.